The molecule has 17 nitrogen and oxygen atoms in total. The molecule has 0 atom stereocenters. The molecule has 52 heavy (non-hydrogen) atoms. The molecule has 0 aliphatic carbocycles. The molecule has 0 bridgehead atoms. The fraction of sp³-hybridized carbons (Fsp3) is 0.743. The molecule has 1 rings (SSSR count). The minimum atomic E-state index is -0.903. The first-order chi connectivity index (χ1) is 25.6. The van der Waals surface area contributed by atoms with Crippen LogP contribution in [0.1, 0.15) is 16.8 Å². The lowest BCUT2D eigenvalue weighted by Crippen LogP contribution is -2.20. The highest BCUT2D eigenvalue weighted by Crippen LogP contribution is 2.01. The number of hydrogen-bond acceptors (Lipinski definition) is 16. The molecule has 0 saturated carbocycles. The Hall–Kier alpha value is -2.65. The van der Waals surface area contributed by atoms with Gasteiger partial charge < -0.3 is 66.7 Å². The molecule has 0 aliphatic heterocycles. The summed E-state index contributed by atoms with van der Waals surface area (Å²) in [6, 6.07) is 8.24. The van der Waals surface area contributed by atoms with Gasteiger partial charge in [-0.15, -0.1) is 0 Å². The van der Waals surface area contributed by atoms with Crippen molar-refractivity contribution < 1.29 is 81.1 Å². The van der Waals surface area contributed by atoms with Crippen LogP contribution in [0.2, 0.25) is 0 Å². The van der Waals surface area contributed by atoms with Crippen LogP contribution in [0.5, 0.6) is 0 Å². The maximum absolute atomic E-state index is 11.9. The first kappa shape index (κ1) is 47.4. The van der Waals surface area contributed by atoms with E-state index in [4.69, 9.17) is 66.7 Å². The monoisotopic (exact) mass is 750 g/mol. The van der Waals surface area contributed by atoms with E-state index in [1.54, 1.807) is 30.3 Å². The van der Waals surface area contributed by atoms with E-state index >= 15 is 0 Å². The quantitative estimate of drug-likeness (QED) is 0.0433. The zero-order valence-corrected chi connectivity index (χ0v) is 30.3. The number of carboxylic acid groups (broad SMARTS) is 1. The van der Waals surface area contributed by atoms with Crippen LogP contribution in [0, 0.1) is 0 Å². The van der Waals surface area contributed by atoms with Crippen molar-refractivity contribution in [2.45, 2.75) is 6.42 Å². The van der Waals surface area contributed by atoms with E-state index in [0.29, 0.717) is 151 Å². The van der Waals surface area contributed by atoms with E-state index < -0.39 is 17.7 Å². The van der Waals surface area contributed by atoms with Crippen LogP contribution in [0.25, 0.3) is 0 Å². The minimum absolute atomic E-state index is 0.00948. The molecular formula is C35H58O17. The van der Waals surface area contributed by atoms with E-state index in [1.807, 2.05) is 0 Å². The van der Waals surface area contributed by atoms with Crippen molar-refractivity contribution >= 4 is 17.7 Å². The van der Waals surface area contributed by atoms with E-state index in [-0.39, 0.29) is 26.2 Å². The van der Waals surface area contributed by atoms with Crippen LogP contribution in [0.4, 0.5) is 0 Å². The Bertz CT molecular complexity index is 953. The Balaban J connectivity index is 1.65. The number of benzene rings is 1. The van der Waals surface area contributed by atoms with Crippen LogP contribution >= 0.6 is 0 Å². The van der Waals surface area contributed by atoms with Crippen LogP contribution in [0.15, 0.2) is 30.3 Å². The molecule has 0 amide bonds. The van der Waals surface area contributed by atoms with Gasteiger partial charge in [-0.2, -0.15) is 0 Å². The van der Waals surface area contributed by atoms with Crippen molar-refractivity contribution in [2.24, 2.45) is 0 Å². The fourth-order valence-corrected chi connectivity index (χ4v) is 3.65. The summed E-state index contributed by atoms with van der Waals surface area (Å²) in [5.74, 6) is -2.46. The van der Waals surface area contributed by atoms with Crippen molar-refractivity contribution in [1.82, 2.24) is 0 Å². The van der Waals surface area contributed by atoms with Crippen LogP contribution in [-0.2, 0) is 71.2 Å². The van der Waals surface area contributed by atoms with Gasteiger partial charge in [0.2, 0.25) is 0 Å². The van der Waals surface area contributed by atoms with Gasteiger partial charge in [-0.25, -0.2) is 4.79 Å². The molecule has 0 fully saturated rings. The summed E-state index contributed by atoms with van der Waals surface area (Å²) in [6.07, 6.45) is -0.00986. The fourth-order valence-electron chi connectivity index (χ4n) is 3.65. The van der Waals surface area contributed by atoms with Crippen LogP contribution < -0.4 is 0 Å². The third kappa shape index (κ3) is 33.2. The summed E-state index contributed by atoms with van der Waals surface area (Å²) in [5.41, 5.74) is 0.290. The van der Waals surface area contributed by atoms with Gasteiger partial charge in [0.25, 0.3) is 5.78 Å². The third-order valence-electron chi connectivity index (χ3n) is 6.23. The summed E-state index contributed by atoms with van der Waals surface area (Å²) in [5, 5.41) is 8.49. The Labute approximate surface area is 306 Å². The predicted octanol–water partition coefficient (Wildman–Crippen LogP) is 1.09. The highest BCUT2D eigenvalue weighted by Gasteiger charge is 2.17. The summed E-state index contributed by atoms with van der Waals surface area (Å²) in [4.78, 5) is 34.0. The average molecular weight is 751 g/mol. The van der Waals surface area contributed by atoms with Gasteiger partial charge in [-0.05, 0) is 0 Å². The number of aliphatic carboxylic acids is 1. The largest absolute Gasteiger partial charge is 0.481 e. The van der Waals surface area contributed by atoms with Crippen LogP contribution in [-0.4, -0.2) is 188 Å². The van der Waals surface area contributed by atoms with Gasteiger partial charge in [0, 0.05) is 5.56 Å². The summed E-state index contributed by atoms with van der Waals surface area (Å²) in [6.45, 7) is 10.0. The number of carbonyl (C=O) groups is 3. The minimum Gasteiger partial charge on any atom is -0.481 e. The number of hydrogen-bond donors (Lipinski definition) is 1. The van der Waals surface area contributed by atoms with Gasteiger partial charge in [-0.3, -0.25) is 9.59 Å². The molecule has 300 valence electrons. The molecule has 0 aliphatic rings. The van der Waals surface area contributed by atoms with Crippen molar-refractivity contribution in [2.75, 3.05) is 165 Å². The summed E-state index contributed by atoms with van der Waals surface area (Å²) in [7, 11) is 0. The van der Waals surface area contributed by atoms with Gasteiger partial charge in [0.15, 0.2) is 0 Å². The predicted molar refractivity (Wildman–Crippen MR) is 184 cm³/mol. The topological polar surface area (TPSA) is 191 Å². The molecular weight excluding hydrogens is 692 g/mol. The van der Waals surface area contributed by atoms with Gasteiger partial charge >= 0.3 is 11.9 Å². The van der Waals surface area contributed by atoms with E-state index in [9.17, 15) is 14.4 Å². The number of ketones is 1. The smallest absolute Gasteiger partial charge is 0.379 e. The highest BCUT2D eigenvalue weighted by atomic mass is 16.6. The second-order valence-electron chi connectivity index (χ2n) is 10.3. The van der Waals surface area contributed by atoms with Crippen LogP contribution in [0.3, 0.4) is 0 Å². The van der Waals surface area contributed by atoms with Gasteiger partial charge in [-0.1, -0.05) is 30.3 Å². The van der Waals surface area contributed by atoms with E-state index in [2.05, 4.69) is 0 Å². The Morgan fingerprint density at radius 2 is 0.615 bits per heavy atom. The van der Waals surface area contributed by atoms with E-state index in [0.717, 1.165) is 0 Å². The standard InChI is InChI=1S/C35H58O17/c36-33(37)6-7-40-8-9-41-10-11-42-12-13-43-14-15-44-16-17-45-18-19-46-20-21-47-22-23-48-24-25-49-26-27-50-28-29-51-30-31-52-35(39)34(38)32-4-2-1-3-5-32/h1-5H,6-31H2,(H,36,37). The zero-order valence-electron chi connectivity index (χ0n) is 30.3. The first-order valence-corrected chi connectivity index (χ1v) is 17.5. The molecule has 0 unspecified atom stereocenters. The van der Waals surface area contributed by atoms with Crippen molar-refractivity contribution in [3.8, 4) is 0 Å². The summed E-state index contributed by atoms with van der Waals surface area (Å²) >= 11 is 0. The molecule has 0 heterocycles. The van der Waals surface area contributed by atoms with E-state index in [1.165, 1.54) is 0 Å². The number of carbonyl (C=O) groups excluding carboxylic acids is 2. The summed E-state index contributed by atoms with van der Waals surface area (Å²) < 4.78 is 69.6. The lowest BCUT2D eigenvalue weighted by Gasteiger charge is -2.09. The van der Waals surface area contributed by atoms with Gasteiger partial charge in [0.05, 0.1) is 165 Å². The lowest BCUT2D eigenvalue weighted by atomic mass is 10.1. The number of rotatable bonds is 41. The molecule has 1 aromatic rings. The van der Waals surface area contributed by atoms with Crippen molar-refractivity contribution in [3.05, 3.63) is 35.9 Å². The highest BCUT2D eigenvalue weighted by molar-refractivity contribution is 6.40. The number of esters is 1. The normalized spacial score (nSPS) is 11.2. The SMILES string of the molecule is O=C(O)CCOCCOCCOCCOCCOCCOCCOCCOCCOCCOCCOCCOCCOC(=O)C(=O)c1ccccc1. The molecule has 0 saturated heterocycles. The Morgan fingerprint density at radius 3 is 0.885 bits per heavy atom. The molecule has 17 heteroatoms. The van der Waals surface area contributed by atoms with Crippen molar-refractivity contribution in [3.63, 3.8) is 0 Å². The van der Waals surface area contributed by atoms with Crippen molar-refractivity contribution in [1.29, 1.82) is 0 Å². The zero-order chi connectivity index (χ0) is 37.4. The Morgan fingerprint density at radius 1 is 0.365 bits per heavy atom. The molecule has 0 spiro atoms. The number of ether oxygens (including phenoxy) is 13. The number of Topliss-reactive ketones (excluding diaryl/α,β-unsaturated/α-hetero) is 1. The molecule has 0 radical (unpaired) electrons. The second kappa shape index (κ2) is 38.1. The van der Waals surface area contributed by atoms with Gasteiger partial charge in [0.1, 0.15) is 6.61 Å². The first-order valence-electron chi connectivity index (χ1n) is 17.5. The third-order valence-corrected chi connectivity index (χ3v) is 6.23. The molecule has 1 aromatic carbocycles. The lowest BCUT2D eigenvalue weighted by molar-refractivity contribution is -0.140. The second-order valence-corrected chi connectivity index (χ2v) is 10.3. The molecule has 0 aromatic heterocycles. The maximum Gasteiger partial charge on any atom is 0.379 e. The molecule has 1 N–H and O–H groups in total. The average Bonchev–Trinajstić information content (AvgIpc) is 3.15. The Kier molecular flexibility index (Phi) is 34.7. The number of carboxylic acids is 1. The maximum atomic E-state index is 11.9.